The van der Waals surface area contributed by atoms with Crippen molar-refractivity contribution in [2.24, 2.45) is 0 Å². The van der Waals surface area contributed by atoms with Gasteiger partial charge in [-0.3, -0.25) is 4.79 Å². The van der Waals surface area contributed by atoms with Crippen molar-refractivity contribution in [2.45, 2.75) is 58.4 Å². The third-order valence-corrected chi connectivity index (χ3v) is 7.74. The number of anilines is 1. The lowest BCUT2D eigenvalue weighted by Gasteiger charge is -2.23. The Morgan fingerprint density at radius 1 is 1.19 bits per heavy atom. The number of thiophene rings is 1. The average Bonchev–Trinajstić information content (AvgIpc) is 3.40. The standard InChI is InChI=1S/C24H29N5OS/c1-3-12-28(4-2)24-20-21(25-14-26-23(20)30)22(31-24)16-10-11-19-18(13-16)27-15-29(19)17-8-6-5-7-9-17/h10-11,13-15,17H,3-9,12H2,1-2H3,(H,25,26,30). The van der Waals surface area contributed by atoms with Crippen molar-refractivity contribution in [3.8, 4) is 10.4 Å². The molecule has 1 aromatic carbocycles. The van der Waals surface area contributed by atoms with E-state index in [0.29, 0.717) is 11.4 Å². The summed E-state index contributed by atoms with van der Waals surface area (Å²) in [6.45, 7) is 6.08. The van der Waals surface area contributed by atoms with E-state index in [1.165, 1.54) is 43.9 Å². The van der Waals surface area contributed by atoms with Gasteiger partial charge in [-0.25, -0.2) is 9.97 Å². The molecule has 0 unspecified atom stereocenters. The van der Waals surface area contributed by atoms with Crippen molar-refractivity contribution in [3.05, 3.63) is 41.2 Å². The minimum absolute atomic E-state index is 0.0697. The van der Waals surface area contributed by atoms with E-state index in [0.717, 1.165) is 46.0 Å². The first-order chi connectivity index (χ1) is 15.2. The fourth-order valence-corrected chi connectivity index (χ4v) is 6.21. The van der Waals surface area contributed by atoms with Crippen LogP contribution in [0.4, 0.5) is 5.00 Å². The van der Waals surface area contributed by atoms with Gasteiger partial charge < -0.3 is 14.5 Å². The summed E-state index contributed by atoms with van der Waals surface area (Å²) in [5, 5.41) is 1.71. The topological polar surface area (TPSA) is 66.8 Å². The first-order valence-electron chi connectivity index (χ1n) is 11.4. The molecule has 6 nitrogen and oxygen atoms in total. The van der Waals surface area contributed by atoms with Crippen molar-refractivity contribution >= 4 is 38.3 Å². The second kappa shape index (κ2) is 8.46. The Labute approximate surface area is 186 Å². The molecule has 3 heterocycles. The summed E-state index contributed by atoms with van der Waals surface area (Å²) in [6, 6.07) is 7.07. The summed E-state index contributed by atoms with van der Waals surface area (Å²) in [6.07, 6.45) is 11.0. The first-order valence-corrected chi connectivity index (χ1v) is 12.2. The van der Waals surface area contributed by atoms with E-state index in [1.807, 2.05) is 6.33 Å². The van der Waals surface area contributed by atoms with Crippen molar-refractivity contribution in [1.29, 1.82) is 0 Å². The first kappa shape index (κ1) is 20.2. The molecule has 3 aromatic heterocycles. The second-order valence-electron chi connectivity index (χ2n) is 8.42. The number of nitrogens with zero attached hydrogens (tertiary/aromatic N) is 4. The molecular weight excluding hydrogens is 406 g/mol. The van der Waals surface area contributed by atoms with Crippen LogP contribution in [0, 0.1) is 0 Å². The predicted octanol–water partition coefficient (Wildman–Crippen LogP) is 5.74. The van der Waals surface area contributed by atoms with E-state index in [9.17, 15) is 4.79 Å². The van der Waals surface area contributed by atoms with Gasteiger partial charge in [0.15, 0.2) is 0 Å². The third-order valence-electron chi connectivity index (χ3n) is 6.45. The maximum absolute atomic E-state index is 12.7. The van der Waals surface area contributed by atoms with Crippen LogP contribution >= 0.6 is 11.3 Å². The summed E-state index contributed by atoms with van der Waals surface area (Å²) >= 11 is 1.66. The summed E-state index contributed by atoms with van der Waals surface area (Å²) in [5.41, 5.74) is 4.00. The number of benzene rings is 1. The van der Waals surface area contributed by atoms with Gasteiger partial charge in [0.2, 0.25) is 0 Å². The number of rotatable bonds is 6. The molecule has 1 saturated carbocycles. The lowest BCUT2D eigenvalue weighted by molar-refractivity contribution is 0.359. The highest BCUT2D eigenvalue weighted by Crippen LogP contribution is 2.42. The fraction of sp³-hybridized carbons (Fsp3) is 0.458. The van der Waals surface area contributed by atoms with Crippen molar-refractivity contribution in [3.63, 3.8) is 0 Å². The number of hydrogen-bond acceptors (Lipinski definition) is 5. The van der Waals surface area contributed by atoms with Gasteiger partial charge in [-0.15, -0.1) is 11.3 Å². The molecule has 0 bridgehead atoms. The van der Waals surface area contributed by atoms with Gasteiger partial charge in [-0.2, -0.15) is 0 Å². The van der Waals surface area contributed by atoms with E-state index in [-0.39, 0.29) is 5.56 Å². The third kappa shape index (κ3) is 3.55. The maximum Gasteiger partial charge on any atom is 0.261 e. The van der Waals surface area contributed by atoms with Gasteiger partial charge in [0.25, 0.3) is 5.56 Å². The Hall–Kier alpha value is -2.67. The van der Waals surface area contributed by atoms with Crippen LogP contribution in [0.2, 0.25) is 0 Å². The molecule has 31 heavy (non-hydrogen) atoms. The number of H-pyrrole nitrogens is 1. The van der Waals surface area contributed by atoms with Gasteiger partial charge in [-0.05, 0) is 43.9 Å². The van der Waals surface area contributed by atoms with Crippen molar-refractivity contribution in [2.75, 3.05) is 18.0 Å². The number of aromatic amines is 1. The SMILES string of the molecule is CCCN(CC)c1sc(-c2ccc3c(c2)ncn3C2CCCCC2)c2nc[nH]c(=O)c12. The summed E-state index contributed by atoms with van der Waals surface area (Å²) in [7, 11) is 0. The number of imidazole rings is 1. The molecule has 4 aromatic rings. The molecule has 162 valence electrons. The van der Waals surface area contributed by atoms with Crippen LogP contribution < -0.4 is 10.5 Å². The minimum atomic E-state index is -0.0697. The lowest BCUT2D eigenvalue weighted by atomic mass is 9.95. The molecule has 0 amide bonds. The maximum atomic E-state index is 12.7. The summed E-state index contributed by atoms with van der Waals surface area (Å²) in [4.78, 5) is 28.1. The molecule has 1 fully saturated rings. The molecule has 5 rings (SSSR count). The predicted molar refractivity (Wildman–Crippen MR) is 129 cm³/mol. The smallest absolute Gasteiger partial charge is 0.261 e. The van der Waals surface area contributed by atoms with Crippen molar-refractivity contribution in [1.82, 2.24) is 19.5 Å². The molecule has 0 radical (unpaired) electrons. The Bertz CT molecular complexity index is 1260. The van der Waals surface area contributed by atoms with Gasteiger partial charge in [0.05, 0.1) is 34.1 Å². The number of nitrogens with one attached hydrogen (secondary N) is 1. The lowest BCUT2D eigenvalue weighted by Crippen LogP contribution is -2.23. The molecule has 1 aliphatic carbocycles. The number of aromatic nitrogens is 4. The van der Waals surface area contributed by atoms with Gasteiger partial charge >= 0.3 is 0 Å². The van der Waals surface area contributed by atoms with E-state index < -0.39 is 0 Å². The molecule has 1 aliphatic rings. The molecule has 1 N–H and O–H groups in total. The number of hydrogen-bond donors (Lipinski definition) is 1. The van der Waals surface area contributed by atoms with E-state index in [4.69, 9.17) is 4.98 Å². The minimum Gasteiger partial charge on any atom is -0.363 e. The van der Waals surface area contributed by atoms with E-state index >= 15 is 0 Å². The molecule has 0 atom stereocenters. The Balaban J connectivity index is 1.62. The van der Waals surface area contributed by atoms with Crippen molar-refractivity contribution < 1.29 is 0 Å². The zero-order chi connectivity index (χ0) is 21.4. The van der Waals surface area contributed by atoms with E-state index in [1.54, 1.807) is 11.3 Å². The Morgan fingerprint density at radius 2 is 2.03 bits per heavy atom. The molecule has 0 saturated heterocycles. The quantitative estimate of drug-likeness (QED) is 0.419. The monoisotopic (exact) mass is 435 g/mol. The Kier molecular flexibility index (Phi) is 5.52. The number of fused-ring (bicyclic) bond motifs is 2. The van der Waals surface area contributed by atoms with Gasteiger partial charge in [0.1, 0.15) is 10.4 Å². The van der Waals surface area contributed by atoms with Crippen LogP contribution in [0.5, 0.6) is 0 Å². The summed E-state index contributed by atoms with van der Waals surface area (Å²) in [5.74, 6) is 0. The van der Waals surface area contributed by atoms with Crippen LogP contribution in [0.3, 0.4) is 0 Å². The van der Waals surface area contributed by atoms with Crippen LogP contribution in [-0.2, 0) is 0 Å². The van der Waals surface area contributed by atoms with E-state index in [2.05, 4.69) is 51.5 Å². The van der Waals surface area contributed by atoms with Gasteiger partial charge in [-0.1, -0.05) is 32.3 Å². The van der Waals surface area contributed by atoms with Gasteiger partial charge in [0, 0.05) is 19.1 Å². The molecule has 7 heteroatoms. The van der Waals surface area contributed by atoms with Crippen LogP contribution in [0.15, 0.2) is 35.6 Å². The average molecular weight is 436 g/mol. The highest BCUT2D eigenvalue weighted by atomic mass is 32.1. The second-order valence-corrected chi connectivity index (χ2v) is 9.42. The highest BCUT2D eigenvalue weighted by molar-refractivity contribution is 7.21. The highest BCUT2D eigenvalue weighted by Gasteiger charge is 2.22. The Morgan fingerprint density at radius 3 is 2.81 bits per heavy atom. The van der Waals surface area contributed by atoms with Crippen LogP contribution in [-0.4, -0.2) is 32.6 Å². The fourth-order valence-electron chi connectivity index (χ4n) is 4.88. The molecular formula is C24H29N5OS. The zero-order valence-electron chi connectivity index (χ0n) is 18.2. The van der Waals surface area contributed by atoms with Crippen LogP contribution in [0.25, 0.3) is 32.4 Å². The zero-order valence-corrected chi connectivity index (χ0v) is 19.0. The largest absolute Gasteiger partial charge is 0.363 e. The molecule has 0 spiro atoms. The summed E-state index contributed by atoms with van der Waals surface area (Å²) < 4.78 is 2.36. The molecule has 0 aliphatic heterocycles. The normalized spacial score (nSPS) is 15.2. The van der Waals surface area contributed by atoms with Crippen LogP contribution in [0.1, 0.15) is 58.4 Å².